The van der Waals surface area contributed by atoms with Gasteiger partial charge in [0.1, 0.15) is 0 Å². The molecule has 0 saturated heterocycles. The Morgan fingerprint density at radius 3 is 2.56 bits per heavy atom. The molecule has 3 aromatic rings. The summed E-state index contributed by atoms with van der Waals surface area (Å²) < 4.78 is 2.82. The molecule has 0 amide bonds. The third-order valence-electron chi connectivity index (χ3n) is 3.10. The summed E-state index contributed by atoms with van der Waals surface area (Å²) in [5, 5.41) is 0. The van der Waals surface area contributed by atoms with Crippen LogP contribution in [0.15, 0.2) is 42.5 Å². The van der Waals surface area contributed by atoms with E-state index in [1.807, 2.05) is 0 Å². The molecular formula is C15H14N2S. The topological polar surface area (TPSA) is 20.7 Å². The van der Waals surface area contributed by atoms with Crippen LogP contribution in [0.3, 0.4) is 0 Å². The molecule has 0 spiro atoms. The Balaban J connectivity index is 2.35. The first-order valence-corrected chi connectivity index (χ1v) is 6.34. The SMILES string of the molecule is Cc1cccc(-n2c(=S)[nH]c3cc(C)ccc32)c1. The van der Waals surface area contributed by atoms with Gasteiger partial charge in [0, 0.05) is 5.69 Å². The van der Waals surface area contributed by atoms with Crippen LogP contribution in [0, 0.1) is 18.6 Å². The van der Waals surface area contributed by atoms with Crippen molar-refractivity contribution in [2.24, 2.45) is 0 Å². The van der Waals surface area contributed by atoms with E-state index >= 15 is 0 Å². The quantitative estimate of drug-likeness (QED) is 0.642. The fourth-order valence-electron chi connectivity index (χ4n) is 2.25. The standard InChI is InChI=1S/C15H14N2S/c1-10-4-3-5-12(8-10)17-14-7-6-11(2)9-13(14)16-15(17)18/h3-9H,1-2H3,(H,16,18). The molecule has 0 unspecified atom stereocenters. The number of fused-ring (bicyclic) bond motifs is 1. The number of benzene rings is 2. The number of hydrogen-bond donors (Lipinski definition) is 1. The summed E-state index contributed by atoms with van der Waals surface area (Å²) in [5.41, 5.74) is 5.78. The number of H-pyrrole nitrogens is 1. The number of hydrogen-bond acceptors (Lipinski definition) is 1. The van der Waals surface area contributed by atoms with Crippen LogP contribution in [0.2, 0.25) is 0 Å². The maximum absolute atomic E-state index is 5.43. The summed E-state index contributed by atoms with van der Waals surface area (Å²) in [6.07, 6.45) is 0. The molecule has 0 saturated carbocycles. The van der Waals surface area contributed by atoms with Crippen molar-refractivity contribution in [2.75, 3.05) is 0 Å². The maximum Gasteiger partial charge on any atom is 0.182 e. The van der Waals surface area contributed by atoms with Crippen molar-refractivity contribution in [2.45, 2.75) is 13.8 Å². The number of aryl methyl sites for hydroxylation is 2. The molecule has 3 heteroatoms. The van der Waals surface area contributed by atoms with Gasteiger partial charge < -0.3 is 4.98 Å². The lowest BCUT2D eigenvalue weighted by molar-refractivity contribution is 1.06. The Bertz CT molecular complexity index is 781. The van der Waals surface area contributed by atoms with E-state index in [0.29, 0.717) is 0 Å². The molecule has 90 valence electrons. The van der Waals surface area contributed by atoms with Gasteiger partial charge in [0.25, 0.3) is 0 Å². The normalized spacial score (nSPS) is 11.0. The Morgan fingerprint density at radius 2 is 1.78 bits per heavy atom. The molecule has 2 nitrogen and oxygen atoms in total. The van der Waals surface area contributed by atoms with Crippen LogP contribution in [0.25, 0.3) is 16.7 Å². The Kier molecular flexibility index (Phi) is 2.56. The van der Waals surface area contributed by atoms with E-state index < -0.39 is 0 Å². The molecule has 0 aliphatic rings. The van der Waals surface area contributed by atoms with Crippen molar-refractivity contribution >= 4 is 23.3 Å². The highest BCUT2D eigenvalue weighted by molar-refractivity contribution is 7.71. The van der Waals surface area contributed by atoms with E-state index in [-0.39, 0.29) is 0 Å². The highest BCUT2D eigenvalue weighted by atomic mass is 32.1. The first-order chi connectivity index (χ1) is 8.65. The van der Waals surface area contributed by atoms with Crippen molar-refractivity contribution in [3.05, 3.63) is 58.4 Å². The largest absolute Gasteiger partial charge is 0.330 e. The summed E-state index contributed by atoms with van der Waals surface area (Å²) in [4.78, 5) is 3.26. The lowest BCUT2D eigenvalue weighted by atomic mass is 10.2. The molecule has 2 aromatic carbocycles. The molecule has 1 aromatic heterocycles. The highest BCUT2D eigenvalue weighted by Gasteiger charge is 2.06. The summed E-state index contributed by atoms with van der Waals surface area (Å²) in [5.74, 6) is 0. The summed E-state index contributed by atoms with van der Waals surface area (Å²) in [7, 11) is 0. The fraction of sp³-hybridized carbons (Fsp3) is 0.133. The Morgan fingerprint density at radius 1 is 1.00 bits per heavy atom. The third kappa shape index (κ3) is 1.77. The van der Waals surface area contributed by atoms with Crippen LogP contribution >= 0.6 is 12.2 Å². The lowest BCUT2D eigenvalue weighted by Gasteiger charge is -2.05. The van der Waals surface area contributed by atoms with Crippen LogP contribution in [-0.2, 0) is 0 Å². The Labute approximate surface area is 111 Å². The number of aromatic amines is 1. The van der Waals surface area contributed by atoms with Crippen LogP contribution in [-0.4, -0.2) is 9.55 Å². The van der Waals surface area contributed by atoms with Crippen molar-refractivity contribution in [1.82, 2.24) is 9.55 Å². The average molecular weight is 254 g/mol. The van der Waals surface area contributed by atoms with Crippen molar-refractivity contribution in [1.29, 1.82) is 0 Å². The maximum atomic E-state index is 5.43. The second-order valence-electron chi connectivity index (χ2n) is 4.63. The highest BCUT2D eigenvalue weighted by Crippen LogP contribution is 2.21. The first kappa shape index (κ1) is 11.2. The minimum Gasteiger partial charge on any atom is -0.330 e. The van der Waals surface area contributed by atoms with E-state index in [0.717, 1.165) is 21.5 Å². The van der Waals surface area contributed by atoms with Gasteiger partial charge in [-0.3, -0.25) is 4.57 Å². The molecule has 0 atom stereocenters. The molecule has 1 N–H and O–H groups in total. The van der Waals surface area contributed by atoms with Crippen molar-refractivity contribution in [3.8, 4) is 5.69 Å². The van der Waals surface area contributed by atoms with Crippen LogP contribution in [0.5, 0.6) is 0 Å². The van der Waals surface area contributed by atoms with Gasteiger partial charge in [-0.2, -0.15) is 0 Å². The second-order valence-corrected chi connectivity index (χ2v) is 5.01. The molecule has 0 aliphatic heterocycles. The lowest BCUT2D eigenvalue weighted by Crippen LogP contribution is -1.94. The van der Waals surface area contributed by atoms with Crippen LogP contribution in [0.1, 0.15) is 11.1 Å². The molecule has 3 rings (SSSR count). The molecule has 0 fully saturated rings. The smallest absolute Gasteiger partial charge is 0.182 e. The minimum atomic E-state index is 0.737. The molecule has 0 aliphatic carbocycles. The first-order valence-electron chi connectivity index (χ1n) is 5.93. The average Bonchev–Trinajstić information content (AvgIpc) is 2.64. The van der Waals surface area contributed by atoms with E-state index in [1.165, 1.54) is 11.1 Å². The zero-order valence-corrected chi connectivity index (χ0v) is 11.2. The van der Waals surface area contributed by atoms with Gasteiger partial charge in [-0.15, -0.1) is 0 Å². The number of nitrogens with zero attached hydrogens (tertiary/aromatic N) is 1. The molecular weight excluding hydrogens is 240 g/mol. The van der Waals surface area contributed by atoms with E-state index in [9.17, 15) is 0 Å². The number of imidazole rings is 1. The van der Waals surface area contributed by atoms with Gasteiger partial charge in [0.05, 0.1) is 11.0 Å². The van der Waals surface area contributed by atoms with Crippen LogP contribution in [0.4, 0.5) is 0 Å². The fourth-order valence-corrected chi connectivity index (χ4v) is 2.56. The van der Waals surface area contributed by atoms with Crippen molar-refractivity contribution in [3.63, 3.8) is 0 Å². The van der Waals surface area contributed by atoms with Crippen LogP contribution < -0.4 is 0 Å². The Hall–Kier alpha value is -1.87. The van der Waals surface area contributed by atoms with Gasteiger partial charge in [0.2, 0.25) is 0 Å². The molecule has 0 radical (unpaired) electrons. The zero-order chi connectivity index (χ0) is 12.7. The molecule has 18 heavy (non-hydrogen) atoms. The van der Waals surface area contributed by atoms with Gasteiger partial charge in [-0.1, -0.05) is 18.2 Å². The van der Waals surface area contributed by atoms with E-state index in [2.05, 4.69) is 65.9 Å². The van der Waals surface area contributed by atoms with Gasteiger partial charge >= 0.3 is 0 Å². The molecule has 0 bridgehead atoms. The van der Waals surface area contributed by atoms with Gasteiger partial charge in [-0.05, 0) is 61.5 Å². The molecule has 1 heterocycles. The van der Waals surface area contributed by atoms with E-state index in [4.69, 9.17) is 12.2 Å². The zero-order valence-electron chi connectivity index (χ0n) is 10.4. The monoisotopic (exact) mass is 254 g/mol. The summed E-state index contributed by atoms with van der Waals surface area (Å²) >= 11 is 5.43. The third-order valence-corrected chi connectivity index (χ3v) is 3.38. The number of nitrogens with one attached hydrogen (secondary N) is 1. The number of aromatic nitrogens is 2. The van der Waals surface area contributed by atoms with E-state index in [1.54, 1.807) is 0 Å². The minimum absolute atomic E-state index is 0.737. The van der Waals surface area contributed by atoms with Gasteiger partial charge in [0.15, 0.2) is 4.77 Å². The predicted octanol–water partition coefficient (Wildman–Crippen LogP) is 4.30. The summed E-state index contributed by atoms with van der Waals surface area (Å²) in [6.45, 7) is 4.17. The van der Waals surface area contributed by atoms with Crippen molar-refractivity contribution < 1.29 is 0 Å². The van der Waals surface area contributed by atoms with Gasteiger partial charge in [-0.25, -0.2) is 0 Å². The number of rotatable bonds is 1. The predicted molar refractivity (Wildman–Crippen MR) is 77.9 cm³/mol. The summed E-state index contributed by atoms with van der Waals surface area (Å²) in [6, 6.07) is 14.7. The second kappa shape index (κ2) is 4.10.